The van der Waals surface area contributed by atoms with E-state index in [1.165, 1.54) is 0 Å². The summed E-state index contributed by atoms with van der Waals surface area (Å²) in [7, 11) is 0. The highest BCUT2D eigenvalue weighted by Gasteiger charge is 2.31. The SMILES string of the molecule is C#Cc1ccc(C(=O)Oc2ccccc2C(C)(C)c2ccccc2OC(=O)c2ccc(C#C)cc2)cc1. The van der Waals surface area contributed by atoms with Crippen molar-refractivity contribution in [2.45, 2.75) is 19.3 Å². The molecule has 0 aromatic heterocycles. The van der Waals surface area contributed by atoms with Gasteiger partial charge >= 0.3 is 11.9 Å². The zero-order chi connectivity index (χ0) is 26.4. The Kier molecular flexibility index (Phi) is 7.23. The summed E-state index contributed by atoms with van der Waals surface area (Å²) in [6, 6.07) is 27.9. The molecule has 0 saturated heterocycles. The largest absolute Gasteiger partial charge is 0.423 e. The van der Waals surface area contributed by atoms with Gasteiger partial charge in [0.05, 0.1) is 11.1 Å². The Morgan fingerprint density at radius 2 is 0.946 bits per heavy atom. The summed E-state index contributed by atoms with van der Waals surface area (Å²) in [5, 5.41) is 0. The van der Waals surface area contributed by atoms with Crippen LogP contribution in [0.4, 0.5) is 0 Å². The van der Waals surface area contributed by atoms with Crippen LogP contribution in [0, 0.1) is 24.7 Å². The first kappa shape index (κ1) is 25.0. The molecule has 37 heavy (non-hydrogen) atoms. The molecule has 0 bridgehead atoms. The van der Waals surface area contributed by atoms with E-state index in [0.717, 1.165) is 11.1 Å². The summed E-state index contributed by atoms with van der Waals surface area (Å²) in [6.45, 7) is 3.96. The predicted molar refractivity (Wildman–Crippen MR) is 144 cm³/mol. The molecule has 4 aromatic rings. The molecule has 0 atom stereocenters. The molecule has 0 fully saturated rings. The number of terminal acetylenes is 2. The summed E-state index contributed by atoms with van der Waals surface area (Å²) in [4.78, 5) is 25.8. The first-order valence-electron chi connectivity index (χ1n) is 11.6. The lowest BCUT2D eigenvalue weighted by atomic mass is 9.77. The van der Waals surface area contributed by atoms with Crippen LogP contribution >= 0.6 is 0 Å². The zero-order valence-corrected chi connectivity index (χ0v) is 20.5. The summed E-state index contributed by atoms with van der Waals surface area (Å²) in [5.41, 5.74) is 2.95. The molecule has 0 spiro atoms. The Morgan fingerprint density at radius 1 is 0.595 bits per heavy atom. The second-order valence-corrected chi connectivity index (χ2v) is 8.84. The van der Waals surface area contributed by atoms with E-state index < -0.39 is 17.4 Å². The quantitative estimate of drug-likeness (QED) is 0.180. The van der Waals surface area contributed by atoms with Gasteiger partial charge in [0.15, 0.2) is 0 Å². The highest BCUT2D eigenvalue weighted by molar-refractivity contribution is 5.92. The molecule has 0 aliphatic heterocycles. The molecule has 4 nitrogen and oxygen atoms in total. The van der Waals surface area contributed by atoms with Gasteiger partial charge in [-0.3, -0.25) is 0 Å². The van der Waals surface area contributed by atoms with Crippen molar-refractivity contribution in [2.24, 2.45) is 0 Å². The number of hydrogen-bond donors (Lipinski definition) is 0. The van der Waals surface area contributed by atoms with E-state index in [1.54, 1.807) is 72.8 Å². The lowest BCUT2D eigenvalue weighted by Crippen LogP contribution is -2.23. The zero-order valence-electron chi connectivity index (χ0n) is 20.5. The van der Waals surface area contributed by atoms with Crippen LogP contribution in [0.15, 0.2) is 97.1 Å². The van der Waals surface area contributed by atoms with Gasteiger partial charge in [-0.2, -0.15) is 0 Å². The standard InChI is InChI=1S/C33H24O4/c1-5-23-15-19-25(20-16-23)31(34)36-29-13-9-7-11-27(29)33(3,4)28-12-8-10-14-30(28)37-32(35)26-21-17-24(6-2)18-22-26/h1-2,7-22H,3-4H3. The molecule has 4 aromatic carbocycles. The molecular weight excluding hydrogens is 460 g/mol. The van der Waals surface area contributed by atoms with Crippen LogP contribution < -0.4 is 9.47 Å². The minimum Gasteiger partial charge on any atom is -0.423 e. The number of ether oxygens (including phenoxy) is 2. The fourth-order valence-corrected chi connectivity index (χ4v) is 4.01. The first-order valence-corrected chi connectivity index (χ1v) is 11.6. The molecule has 0 amide bonds. The van der Waals surface area contributed by atoms with Crippen molar-refractivity contribution in [3.05, 3.63) is 130 Å². The van der Waals surface area contributed by atoms with E-state index in [4.69, 9.17) is 22.3 Å². The summed E-state index contributed by atoms with van der Waals surface area (Å²) < 4.78 is 11.6. The van der Waals surface area contributed by atoms with Gasteiger partial charge < -0.3 is 9.47 Å². The molecule has 180 valence electrons. The van der Waals surface area contributed by atoms with Gasteiger partial charge in [0.25, 0.3) is 0 Å². The highest BCUT2D eigenvalue weighted by Crippen LogP contribution is 2.41. The van der Waals surface area contributed by atoms with Crippen LogP contribution in [-0.4, -0.2) is 11.9 Å². The van der Waals surface area contributed by atoms with Gasteiger partial charge in [-0.05, 0) is 60.7 Å². The Bertz CT molecular complexity index is 1410. The van der Waals surface area contributed by atoms with Crippen LogP contribution in [0.2, 0.25) is 0 Å². The second kappa shape index (κ2) is 10.7. The van der Waals surface area contributed by atoms with E-state index in [1.807, 2.05) is 38.1 Å². The molecule has 0 aliphatic rings. The van der Waals surface area contributed by atoms with Crippen molar-refractivity contribution in [1.82, 2.24) is 0 Å². The van der Waals surface area contributed by atoms with E-state index in [0.29, 0.717) is 33.8 Å². The third-order valence-electron chi connectivity index (χ3n) is 6.10. The Hall–Kier alpha value is -5.06. The van der Waals surface area contributed by atoms with Gasteiger partial charge in [-0.15, -0.1) is 12.8 Å². The highest BCUT2D eigenvalue weighted by atomic mass is 16.5. The lowest BCUT2D eigenvalue weighted by molar-refractivity contribution is 0.0725. The maximum Gasteiger partial charge on any atom is 0.343 e. The third kappa shape index (κ3) is 5.45. The van der Waals surface area contributed by atoms with Crippen molar-refractivity contribution in [3.63, 3.8) is 0 Å². The van der Waals surface area contributed by atoms with Gasteiger partial charge in [0.1, 0.15) is 11.5 Å². The Labute approximate surface area is 216 Å². The summed E-state index contributed by atoms with van der Waals surface area (Å²) >= 11 is 0. The number of para-hydroxylation sites is 2. The number of hydrogen-bond acceptors (Lipinski definition) is 4. The molecule has 0 heterocycles. The second-order valence-electron chi connectivity index (χ2n) is 8.84. The van der Waals surface area contributed by atoms with Gasteiger partial charge in [-0.1, -0.05) is 62.1 Å². The summed E-state index contributed by atoms with van der Waals surface area (Å²) in [5.74, 6) is 4.87. The smallest absolute Gasteiger partial charge is 0.343 e. The van der Waals surface area contributed by atoms with Crippen molar-refractivity contribution in [2.75, 3.05) is 0 Å². The number of esters is 2. The Morgan fingerprint density at radius 3 is 1.30 bits per heavy atom. The van der Waals surface area contributed by atoms with Gasteiger partial charge in [0, 0.05) is 27.7 Å². The topological polar surface area (TPSA) is 52.6 Å². The molecule has 0 aliphatic carbocycles. The van der Waals surface area contributed by atoms with Crippen LogP contribution in [0.3, 0.4) is 0 Å². The van der Waals surface area contributed by atoms with E-state index in [-0.39, 0.29) is 0 Å². The first-order chi connectivity index (χ1) is 17.8. The van der Waals surface area contributed by atoms with Crippen LogP contribution in [0.25, 0.3) is 0 Å². The van der Waals surface area contributed by atoms with Crippen molar-refractivity contribution >= 4 is 11.9 Å². The molecule has 0 N–H and O–H groups in total. The fourth-order valence-electron chi connectivity index (χ4n) is 4.01. The molecule has 4 heteroatoms. The maximum atomic E-state index is 12.9. The van der Waals surface area contributed by atoms with Crippen LogP contribution in [0.1, 0.15) is 56.8 Å². The summed E-state index contributed by atoms with van der Waals surface area (Å²) in [6.07, 6.45) is 10.8. The number of carbonyl (C=O) groups excluding carboxylic acids is 2. The molecule has 0 radical (unpaired) electrons. The third-order valence-corrected chi connectivity index (χ3v) is 6.10. The number of carbonyl (C=O) groups is 2. The number of rotatable bonds is 6. The fraction of sp³-hybridized carbons (Fsp3) is 0.0909. The van der Waals surface area contributed by atoms with Gasteiger partial charge in [0.2, 0.25) is 0 Å². The maximum absolute atomic E-state index is 12.9. The van der Waals surface area contributed by atoms with Crippen molar-refractivity contribution < 1.29 is 19.1 Å². The monoisotopic (exact) mass is 484 g/mol. The predicted octanol–water partition coefficient (Wildman–Crippen LogP) is 6.41. The normalized spacial score (nSPS) is 10.6. The average molecular weight is 485 g/mol. The van der Waals surface area contributed by atoms with Crippen LogP contribution in [0.5, 0.6) is 11.5 Å². The Balaban J connectivity index is 1.64. The van der Waals surface area contributed by atoms with E-state index in [2.05, 4.69) is 11.8 Å². The van der Waals surface area contributed by atoms with Crippen molar-refractivity contribution in [3.8, 4) is 36.2 Å². The molecule has 0 saturated carbocycles. The minimum absolute atomic E-state index is 0.386. The average Bonchev–Trinajstić information content (AvgIpc) is 2.93. The molecule has 0 unspecified atom stereocenters. The van der Waals surface area contributed by atoms with E-state index in [9.17, 15) is 9.59 Å². The van der Waals surface area contributed by atoms with Crippen molar-refractivity contribution in [1.29, 1.82) is 0 Å². The molecular formula is C33H24O4. The lowest BCUT2D eigenvalue weighted by Gasteiger charge is -2.29. The van der Waals surface area contributed by atoms with Crippen LogP contribution in [-0.2, 0) is 5.41 Å². The van der Waals surface area contributed by atoms with Gasteiger partial charge in [-0.25, -0.2) is 9.59 Å². The van der Waals surface area contributed by atoms with E-state index >= 15 is 0 Å². The molecule has 4 rings (SSSR count). The minimum atomic E-state index is -0.686. The number of benzene rings is 4.